The zero-order chi connectivity index (χ0) is 14.6. The highest BCUT2D eigenvalue weighted by molar-refractivity contribution is 7.80. The minimum atomic E-state index is -0.992. The fourth-order valence-electron chi connectivity index (χ4n) is 1.95. The smallest absolute Gasteiger partial charge is 0.182 e. The van der Waals surface area contributed by atoms with Crippen LogP contribution in [0.2, 0.25) is 0 Å². The Labute approximate surface area is 118 Å². The van der Waals surface area contributed by atoms with Crippen molar-refractivity contribution in [3.63, 3.8) is 0 Å². The van der Waals surface area contributed by atoms with E-state index in [2.05, 4.69) is 31.4 Å². The largest absolute Gasteiger partial charge is 0.389 e. The van der Waals surface area contributed by atoms with Crippen LogP contribution in [-0.2, 0) is 0 Å². The Morgan fingerprint density at radius 3 is 2.47 bits per heavy atom. The van der Waals surface area contributed by atoms with Crippen LogP contribution in [0.15, 0.2) is 12.1 Å². The molecule has 0 saturated carbocycles. The molecule has 0 bridgehead atoms. The van der Waals surface area contributed by atoms with Crippen LogP contribution in [0.3, 0.4) is 0 Å². The quantitative estimate of drug-likeness (QED) is 0.780. The number of nitrogens with two attached hydrogens (primary N) is 1. The maximum atomic E-state index is 13.8. The van der Waals surface area contributed by atoms with Gasteiger partial charge in [0.2, 0.25) is 0 Å². The van der Waals surface area contributed by atoms with Gasteiger partial charge in [0.05, 0.1) is 5.69 Å². The summed E-state index contributed by atoms with van der Waals surface area (Å²) >= 11 is 4.66. The summed E-state index contributed by atoms with van der Waals surface area (Å²) in [4.78, 5) is -0.143. The van der Waals surface area contributed by atoms with Gasteiger partial charge < -0.3 is 11.1 Å². The summed E-state index contributed by atoms with van der Waals surface area (Å²) in [7, 11) is 0. The van der Waals surface area contributed by atoms with Gasteiger partial charge >= 0.3 is 0 Å². The van der Waals surface area contributed by atoms with Crippen LogP contribution in [0.1, 0.15) is 39.2 Å². The molecule has 0 amide bonds. The van der Waals surface area contributed by atoms with Gasteiger partial charge in [0.1, 0.15) is 4.99 Å². The average Bonchev–Trinajstić information content (AvgIpc) is 2.34. The Bertz CT molecular complexity index is 463. The van der Waals surface area contributed by atoms with E-state index in [1.165, 1.54) is 12.1 Å². The van der Waals surface area contributed by atoms with E-state index in [1.54, 1.807) is 0 Å². The molecule has 3 N–H and O–H groups in total. The van der Waals surface area contributed by atoms with Gasteiger partial charge in [-0.05, 0) is 31.4 Å². The van der Waals surface area contributed by atoms with Gasteiger partial charge in [0.15, 0.2) is 11.6 Å². The van der Waals surface area contributed by atoms with E-state index in [0.29, 0.717) is 5.92 Å². The van der Waals surface area contributed by atoms with Crippen LogP contribution in [-0.4, -0.2) is 11.0 Å². The zero-order valence-corrected chi connectivity index (χ0v) is 12.3. The van der Waals surface area contributed by atoms with Gasteiger partial charge in [-0.2, -0.15) is 0 Å². The first kappa shape index (κ1) is 15.8. The van der Waals surface area contributed by atoms with E-state index in [9.17, 15) is 8.78 Å². The van der Waals surface area contributed by atoms with Crippen LogP contribution in [0.5, 0.6) is 0 Å². The topological polar surface area (TPSA) is 38.0 Å². The van der Waals surface area contributed by atoms with E-state index < -0.39 is 11.6 Å². The Kier molecular flexibility index (Phi) is 5.66. The molecule has 5 heteroatoms. The molecule has 0 aliphatic rings. The lowest BCUT2D eigenvalue weighted by atomic mass is 10.00. The highest BCUT2D eigenvalue weighted by atomic mass is 32.1. The number of nitrogens with one attached hydrogen (secondary N) is 1. The number of thiocarbonyl (C=S) groups is 1. The first-order valence-corrected chi connectivity index (χ1v) is 6.81. The highest BCUT2D eigenvalue weighted by Gasteiger charge is 2.16. The molecule has 19 heavy (non-hydrogen) atoms. The summed E-state index contributed by atoms with van der Waals surface area (Å²) < 4.78 is 27.6. The van der Waals surface area contributed by atoms with E-state index in [0.717, 1.165) is 12.8 Å². The van der Waals surface area contributed by atoms with Crippen LogP contribution in [0, 0.1) is 17.6 Å². The highest BCUT2D eigenvalue weighted by Crippen LogP contribution is 2.22. The van der Waals surface area contributed by atoms with Crippen molar-refractivity contribution in [2.45, 2.75) is 39.7 Å². The number of hydrogen-bond acceptors (Lipinski definition) is 2. The first-order valence-electron chi connectivity index (χ1n) is 6.41. The van der Waals surface area contributed by atoms with Crippen LogP contribution in [0.25, 0.3) is 0 Å². The monoisotopic (exact) mass is 286 g/mol. The van der Waals surface area contributed by atoms with Crippen molar-refractivity contribution in [1.29, 1.82) is 0 Å². The van der Waals surface area contributed by atoms with E-state index in [-0.39, 0.29) is 22.3 Å². The number of benzene rings is 1. The number of hydrogen-bond donors (Lipinski definition) is 2. The normalized spacial score (nSPS) is 13.9. The fraction of sp³-hybridized carbons (Fsp3) is 0.500. The Morgan fingerprint density at radius 1 is 1.32 bits per heavy atom. The summed E-state index contributed by atoms with van der Waals surface area (Å²) in [6.07, 6.45) is 1.96. The molecule has 0 fully saturated rings. The molecule has 0 spiro atoms. The Balaban J connectivity index is 2.86. The third-order valence-corrected chi connectivity index (χ3v) is 3.42. The van der Waals surface area contributed by atoms with Crippen molar-refractivity contribution < 1.29 is 8.78 Å². The lowest BCUT2D eigenvalue weighted by molar-refractivity contribution is 0.477. The molecule has 0 aliphatic carbocycles. The Hall–Kier alpha value is -1.23. The van der Waals surface area contributed by atoms with Crippen molar-refractivity contribution in [3.8, 4) is 0 Å². The standard InChI is InChI=1S/C14H20F2N2S/c1-4-8(2)7-9(3)18-11-6-5-10(14(17)19)12(15)13(11)16/h5-6,8-9,18H,4,7H2,1-3H3,(H2,17,19). The Morgan fingerprint density at radius 2 is 1.95 bits per heavy atom. The lowest BCUT2D eigenvalue weighted by Gasteiger charge is -2.19. The van der Waals surface area contributed by atoms with E-state index in [1.807, 2.05) is 6.92 Å². The molecule has 1 aromatic rings. The van der Waals surface area contributed by atoms with Crippen molar-refractivity contribution in [2.75, 3.05) is 5.32 Å². The van der Waals surface area contributed by atoms with Gasteiger partial charge in [-0.3, -0.25) is 0 Å². The number of halogens is 2. The molecular weight excluding hydrogens is 266 g/mol. The molecule has 0 radical (unpaired) electrons. The molecule has 0 saturated heterocycles. The van der Waals surface area contributed by atoms with Gasteiger partial charge in [0.25, 0.3) is 0 Å². The molecule has 2 nitrogen and oxygen atoms in total. The van der Waals surface area contributed by atoms with E-state index in [4.69, 9.17) is 5.73 Å². The minimum Gasteiger partial charge on any atom is -0.389 e. The third-order valence-electron chi connectivity index (χ3n) is 3.20. The summed E-state index contributed by atoms with van der Waals surface area (Å²) in [6, 6.07) is 2.94. The molecule has 1 aromatic carbocycles. The van der Waals surface area contributed by atoms with Crippen molar-refractivity contribution in [1.82, 2.24) is 0 Å². The molecule has 1 rings (SSSR count). The first-order chi connectivity index (χ1) is 8.86. The second-order valence-electron chi connectivity index (χ2n) is 4.95. The average molecular weight is 286 g/mol. The van der Waals surface area contributed by atoms with Crippen LogP contribution >= 0.6 is 12.2 Å². The predicted octanol–water partition coefficient (Wildman–Crippen LogP) is 3.84. The summed E-state index contributed by atoms with van der Waals surface area (Å²) in [5.74, 6) is -1.39. The molecule has 2 unspecified atom stereocenters. The second-order valence-corrected chi connectivity index (χ2v) is 5.39. The van der Waals surface area contributed by atoms with Gasteiger partial charge in [-0.15, -0.1) is 0 Å². The predicted molar refractivity (Wildman–Crippen MR) is 79.4 cm³/mol. The third kappa shape index (κ3) is 4.13. The summed E-state index contributed by atoms with van der Waals surface area (Å²) in [5.41, 5.74) is 5.41. The molecule has 0 heterocycles. The fourth-order valence-corrected chi connectivity index (χ4v) is 2.10. The van der Waals surface area contributed by atoms with Crippen molar-refractivity contribution in [3.05, 3.63) is 29.3 Å². The molecule has 106 valence electrons. The molecule has 0 aliphatic heterocycles. The number of rotatable bonds is 6. The molecule has 2 atom stereocenters. The van der Waals surface area contributed by atoms with Gasteiger partial charge in [0, 0.05) is 11.6 Å². The molecular formula is C14H20F2N2S. The van der Waals surface area contributed by atoms with Gasteiger partial charge in [-0.25, -0.2) is 8.78 Å². The van der Waals surface area contributed by atoms with Gasteiger partial charge in [-0.1, -0.05) is 32.5 Å². The second kappa shape index (κ2) is 6.80. The maximum Gasteiger partial charge on any atom is 0.182 e. The maximum absolute atomic E-state index is 13.8. The number of anilines is 1. The van der Waals surface area contributed by atoms with Crippen molar-refractivity contribution in [2.24, 2.45) is 11.7 Å². The van der Waals surface area contributed by atoms with Crippen LogP contribution in [0.4, 0.5) is 14.5 Å². The SMILES string of the molecule is CCC(C)CC(C)Nc1ccc(C(N)=S)c(F)c1F. The van der Waals surface area contributed by atoms with Crippen LogP contribution < -0.4 is 11.1 Å². The summed E-state index contributed by atoms with van der Waals surface area (Å²) in [5, 5.41) is 2.98. The lowest BCUT2D eigenvalue weighted by Crippen LogP contribution is -2.20. The molecule has 0 aromatic heterocycles. The summed E-state index contributed by atoms with van der Waals surface area (Å²) in [6.45, 7) is 6.19. The zero-order valence-electron chi connectivity index (χ0n) is 11.5. The van der Waals surface area contributed by atoms with Crippen molar-refractivity contribution >= 4 is 22.9 Å². The minimum absolute atomic E-state index is 0.0624. The van der Waals surface area contributed by atoms with E-state index >= 15 is 0 Å².